The van der Waals surface area contributed by atoms with Crippen molar-refractivity contribution in [3.8, 4) is 0 Å². The normalized spacial score (nSPS) is 19.1. The third kappa shape index (κ3) is 10.1. The zero-order chi connectivity index (χ0) is 14.7. The second-order valence-electron chi connectivity index (χ2n) is 6.23. The Morgan fingerprint density at radius 3 is 1.55 bits per heavy atom. The van der Waals surface area contributed by atoms with E-state index in [9.17, 15) is 4.79 Å². The number of carboxylic acids is 1. The van der Waals surface area contributed by atoms with E-state index in [0.717, 1.165) is 12.8 Å². The van der Waals surface area contributed by atoms with Crippen LogP contribution < -0.4 is 0 Å². The molecule has 0 aromatic heterocycles. The molecule has 0 bridgehead atoms. The van der Waals surface area contributed by atoms with Crippen molar-refractivity contribution in [2.24, 2.45) is 0 Å². The van der Waals surface area contributed by atoms with Crippen LogP contribution in [0, 0.1) is 0 Å². The van der Waals surface area contributed by atoms with Gasteiger partial charge in [0.05, 0.1) is 6.61 Å². The second-order valence-corrected chi connectivity index (χ2v) is 6.23. The maximum atomic E-state index is 10.9. The lowest BCUT2D eigenvalue weighted by Crippen LogP contribution is -2.23. The van der Waals surface area contributed by atoms with Crippen molar-refractivity contribution >= 4 is 5.97 Å². The van der Waals surface area contributed by atoms with Crippen molar-refractivity contribution in [1.82, 2.24) is 0 Å². The molecule has 0 radical (unpaired) electrons. The van der Waals surface area contributed by atoms with Crippen LogP contribution in [0.25, 0.3) is 0 Å². The minimum Gasteiger partial charge on any atom is -0.479 e. The number of hydrogen-bond acceptors (Lipinski definition) is 2. The number of rotatable bonds is 14. The van der Waals surface area contributed by atoms with Crippen molar-refractivity contribution in [2.75, 3.05) is 6.61 Å². The third-order valence-electron chi connectivity index (χ3n) is 4.32. The molecule has 0 amide bonds. The fourth-order valence-corrected chi connectivity index (χ4v) is 2.71. The molecule has 5 heteroatoms. The van der Waals surface area contributed by atoms with E-state index in [4.69, 9.17) is 9.84 Å². The van der Waals surface area contributed by atoms with Crippen LogP contribution >= 0.6 is 0 Å². The van der Waals surface area contributed by atoms with Gasteiger partial charge in [-0.2, -0.15) is 0 Å². The summed E-state index contributed by atoms with van der Waals surface area (Å²) in [5.41, 5.74) is -0.793. The standard InChI is InChI=1S/C17H32O3.2H2O/c1-2-3-4-5-6-7-8-9-10-11-12-13-14-17(15-20-17)16(18)19;;/h2-15H2,1H3,(H,18,19);2*1H2. The molecule has 1 unspecified atom stereocenters. The third-order valence-corrected chi connectivity index (χ3v) is 4.32. The molecule has 0 aromatic rings. The molecule has 1 aliphatic rings. The van der Waals surface area contributed by atoms with E-state index in [1.54, 1.807) is 0 Å². The van der Waals surface area contributed by atoms with Crippen LogP contribution in [0.3, 0.4) is 0 Å². The van der Waals surface area contributed by atoms with E-state index in [1.807, 2.05) is 0 Å². The molecule has 1 rings (SSSR count). The van der Waals surface area contributed by atoms with Crippen LogP contribution in [0.1, 0.15) is 90.4 Å². The van der Waals surface area contributed by atoms with Gasteiger partial charge in [-0.15, -0.1) is 0 Å². The first-order valence-electron chi connectivity index (χ1n) is 8.58. The Hall–Kier alpha value is -0.650. The molecule has 1 saturated heterocycles. The van der Waals surface area contributed by atoms with Gasteiger partial charge in [0.2, 0.25) is 0 Å². The molecule has 134 valence electrons. The van der Waals surface area contributed by atoms with Gasteiger partial charge in [-0.1, -0.05) is 77.6 Å². The molecular formula is C17H36O5. The summed E-state index contributed by atoms with van der Waals surface area (Å²) >= 11 is 0. The maximum absolute atomic E-state index is 10.9. The van der Waals surface area contributed by atoms with Crippen LogP contribution in [0.2, 0.25) is 0 Å². The van der Waals surface area contributed by atoms with E-state index >= 15 is 0 Å². The van der Waals surface area contributed by atoms with Gasteiger partial charge >= 0.3 is 5.97 Å². The van der Waals surface area contributed by atoms with Crippen molar-refractivity contribution in [1.29, 1.82) is 0 Å². The van der Waals surface area contributed by atoms with Gasteiger partial charge in [0.1, 0.15) is 0 Å². The predicted octanol–water partition coefficient (Wildman–Crippen LogP) is 3.28. The summed E-state index contributed by atoms with van der Waals surface area (Å²) in [6, 6.07) is 0. The highest BCUT2D eigenvalue weighted by molar-refractivity contribution is 5.80. The number of carboxylic acid groups (broad SMARTS) is 1. The largest absolute Gasteiger partial charge is 0.479 e. The average molecular weight is 320 g/mol. The van der Waals surface area contributed by atoms with Gasteiger partial charge in [-0.25, -0.2) is 4.79 Å². The summed E-state index contributed by atoms with van der Waals surface area (Å²) in [7, 11) is 0. The molecule has 0 saturated carbocycles. The van der Waals surface area contributed by atoms with Crippen LogP contribution in [-0.2, 0) is 9.53 Å². The van der Waals surface area contributed by atoms with E-state index in [2.05, 4.69) is 6.92 Å². The Labute approximate surface area is 135 Å². The predicted molar refractivity (Wildman–Crippen MR) is 89.2 cm³/mol. The first-order chi connectivity index (χ1) is 9.71. The number of aliphatic carboxylic acids is 1. The molecule has 0 aromatic carbocycles. The lowest BCUT2D eigenvalue weighted by molar-refractivity contribution is -0.143. The van der Waals surface area contributed by atoms with E-state index in [-0.39, 0.29) is 11.0 Å². The fraction of sp³-hybridized carbons (Fsp3) is 0.941. The monoisotopic (exact) mass is 320 g/mol. The molecule has 0 aliphatic carbocycles. The van der Waals surface area contributed by atoms with Crippen molar-refractivity contribution < 1.29 is 25.6 Å². The minimum absolute atomic E-state index is 0. The summed E-state index contributed by atoms with van der Waals surface area (Å²) < 4.78 is 5.06. The fourth-order valence-electron chi connectivity index (χ4n) is 2.71. The van der Waals surface area contributed by atoms with Crippen LogP contribution in [0.4, 0.5) is 0 Å². The SMILES string of the molecule is CCCCCCCCCCCCCCC1(C(=O)O)CO1.O.O. The minimum atomic E-state index is -0.793. The number of ether oxygens (including phenoxy) is 1. The average Bonchev–Trinajstić information content (AvgIpc) is 3.21. The first-order valence-corrected chi connectivity index (χ1v) is 8.58. The number of unbranched alkanes of at least 4 members (excludes halogenated alkanes) is 11. The van der Waals surface area contributed by atoms with Crippen LogP contribution in [0.15, 0.2) is 0 Å². The molecule has 1 atom stereocenters. The lowest BCUT2D eigenvalue weighted by Gasteiger charge is -2.06. The number of carbonyl (C=O) groups is 1. The molecular weight excluding hydrogens is 284 g/mol. The lowest BCUT2D eigenvalue weighted by atomic mass is 10.0. The summed E-state index contributed by atoms with van der Waals surface area (Å²) in [4.78, 5) is 10.9. The van der Waals surface area contributed by atoms with Gasteiger partial charge in [0.15, 0.2) is 5.60 Å². The highest BCUT2D eigenvalue weighted by Crippen LogP contribution is 2.33. The molecule has 22 heavy (non-hydrogen) atoms. The summed E-state index contributed by atoms with van der Waals surface area (Å²) in [5, 5.41) is 8.96. The Balaban J connectivity index is 0. The van der Waals surface area contributed by atoms with E-state index in [0.29, 0.717) is 13.0 Å². The first kappa shape index (κ1) is 23.6. The number of hydrogen-bond donors (Lipinski definition) is 1. The second kappa shape index (κ2) is 14.0. The van der Waals surface area contributed by atoms with Gasteiger partial charge < -0.3 is 20.8 Å². The molecule has 5 N–H and O–H groups in total. The Morgan fingerprint density at radius 1 is 0.864 bits per heavy atom. The molecule has 1 aliphatic heterocycles. The molecule has 1 fully saturated rings. The number of epoxide rings is 1. The summed E-state index contributed by atoms with van der Waals surface area (Å²) in [5.74, 6) is -0.777. The maximum Gasteiger partial charge on any atom is 0.338 e. The van der Waals surface area contributed by atoms with Crippen LogP contribution in [-0.4, -0.2) is 34.2 Å². The summed E-state index contributed by atoms with van der Waals surface area (Å²) in [6.07, 6.45) is 16.4. The Kier molecular flexibility index (Phi) is 15.0. The topological polar surface area (TPSA) is 113 Å². The smallest absolute Gasteiger partial charge is 0.338 e. The quantitative estimate of drug-likeness (QED) is 0.391. The summed E-state index contributed by atoms with van der Waals surface area (Å²) in [6.45, 7) is 2.67. The van der Waals surface area contributed by atoms with E-state index in [1.165, 1.54) is 64.2 Å². The molecule has 0 spiro atoms. The van der Waals surface area contributed by atoms with E-state index < -0.39 is 11.6 Å². The highest BCUT2D eigenvalue weighted by atomic mass is 16.6. The van der Waals surface area contributed by atoms with Crippen molar-refractivity contribution in [2.45, 2.75) is 96.0 Å². The zero-order valence-electron chi connectivity index (χ0n) is 14.2. The van der Waals surface area contributed by atoms with Crippen molar-refractivity contribution in [3.63, 3.8) is 0 Å². The Morgan fingerprint density at radius 2 is 1.23 bits per heavy atom. The van der Waals surface area contributed by atoms with Gasteiger partial charge in [-0.3, -0.25) is 0 Å². The molecule has 5 nitrogen and oxygen atoms in total. The molecule has 1 heterocycles. The van der Waals surface area contributed by atoms with Gasteiger partial charge in [-0.05, 0) is 12.8 Å². The Bertz CT molecular complexity index is 264. The van der Waals surface area contributed by atoms with Crippen LogP contribution in [0.5, 0.6) is 0 Å². The highest BCUT2D eigenvalue weighted by Gasteiger charge is 2.51. The zero-order valence-corrected chi connectivity index (χ0v) is 14.2. The van der Waals surface area contributed by atoms with Crippen molar-refractivity contribution in [3.05, 3.63) is 0 Å². The van der Waals surface area contributed by atoms with Gasteiger partial charge in [0, 0.05) is 0 Å². The van der Waals surface area contributed by atoms with Gasteiger partial charge in [0.25, 0.3) is 0 Å².